The Morgan fingerprint density at radius 2 is 2.06 bits per heavy atom. The molecule has 1 aliphatic rings. The van der Waals surface area contributed by atoms with Crippen LogP contribution in [0.3, 0.4) is 0 Å². The average molecular weight is 262 g/mol. The second-order valence-electron chi connectivity index (χ2n) is 3.89. The lowest BCUT2D eigenvalue weighted by Crippen LogP contribution is -2.25. The zero-order valence-electron chi connectivity index (χ0n) is 9.12. The van der Waals surface area contributed by atoms with E-state index in [0.717, 1.165) is 24.7 Å². The van der Waals surface area contributed by atoms with Gasteiger partial charge in [0.25, 0.3) is 0 Å². The summed E-state index contributed by atoms with van der Waals surface area (Å²) in [5.74, 6) is 0. The third kappa shape index (κ3) is 4.30. The van der Waals surface area contributed by atoms with Crippen LogP contribution in [-0.4, -0.2) is 19.3 Å². The highest BCUT2D eigenvalue weighted by molar-refractivity contribution is 6.30. The highest BCUT2D eigenvalue weighted by Crippen LogP contribution is 2.12. The smallest absolute Gasteiger partial charge is 0.0700 e. The lowest BCUT2D eigenvalue weighted by Gasteiger charge is -2.10. The van der Waals surface area contributed by atoms with Crippen LogP contribution in [-0.2, 0) is 11.3 Å². The zero-order chi connectivity index (χ0) is 10.5. The molecule has 1 aromatic rings. The summed E-state index contributed by atoms with van der Waals surface area (Å²) in [5, 5.41) is 4.18. The lowest BCUT2D eigenvalue weighted by molar-refractivity contribution is 0.110. The first-order chi connectivity index (χ1) is 7.34. The van der Waals surface area contributed by atoms with Gasteiger partial charge in [0.2, 0.25) is 0 Å². The fraction of sp³-hybridized carbons (Fsp3) is 0.500. The van der Waals surface area contributed by atoms with Crippen molar-refractivity contribution in [1.82, 2.24) is 5.32 Å². The van der Waals surface area contributed by atoms with Crippen LogP contribution in [0.25, 0.3) is 0 Å². The topological polar surface area (TPSA) is 21.3 Å². The Morgan fingerprint density at radius 1 is 1.31 bits per heavy atom. The van der Waals surface area contributed by atoms with E-state index in [2.05, 4.69) is 5.32 Å². The molecule has 0 saturated carbocycles. The van der Waals surface area contributed by atoms with E-state index in [9.17, 15) is 0 Å². The van der Waals surface area contributed by atoms with E-state index in [1.807, 2.05) is 24.3 Å². The largest absolute Gasteiger partial charge is 0.377 e. The van der Waals surface area contributed by atoms with Gasteiger partial charge in [0.05, 0.1) is 6.10 Å². The van der Waals surface area contributed by atoms with Crippen molar-refractivity contribution in [3.63, 3.8) is 0 Å². The van der Waals surface area contributed by atoms with Crippen LogP contribution in [0.15, 0.2) is 24.3 Å². The molecule has 1 fully saturated rings. The molecule has 1 N–H and O–H groups in total. The molecule has 1 aromatic carbocycles. The predicted molar refractivity (Wildman–Crippen MR) is 69.4 cm³/mol. The summed E-state index contributed by atoms with van der Waals surface area (Å²) in [5.41, 5.74) is 1.26. The molecule has 2 nitrogen and oxygen atoms in total. The molecule has 1 aliphatic heterocycles. The molecule has 2 rings (SSSR count). The molecule has 1 atom stereocenters. The molecule has 1 saturated heterocycles. The molecule has 1 heterocycles. The highest BCUT2D eigenvalue weighted by atomic mass is 35.5. The van der Waals surface area contributed by atoms with Crippen molar-refractivity contribution in [1.29, 1.82) is 0 Å². The molecule has 0 radical (unpaired) electrons. The molecule has 90 valence electrons. The second kappa shape index (κ2) is 7.13. The maximum Gasteiger partial charge on any atom is 0.0700 e. The Balaban J connectivity index is 0.00000128. The van der Waals surface area contributed by atoms with E-state index in [4.69, 9.17) is 16.3 Å². The number of ether oxygens (including phenoxy) is 1. The van der Waals surface area contributed by atoms with Gasteiger partial charge in [-0.3, -0.25) is 0 Å². The molecule has 0 aromatic heterocycles. The average Bonchev–Trinajstić information content (AvgIpc) is 2.74. The second-order valence-corrected chi connectivity index (χ2v) is 4.33. The third-order valence-corrected chi connectivity index (χ3v) is 2.89. The monoisotopic (exact) mass is 261 g/mol. The van der Waals surface area contributed by atoms with Gasteiger partial charge in [0.1, 0.15) is 0 Å². The standard InChI is InChI=1S/C12H16ClNO.ClH/c13-11-5-3-10(4-6-11)8-14-9-12-2-1-7-15-12;/h3-6,12,14H,1-2,7-9H2;1H. The van der Waals surface area contributed by atoms with E-state index in [1.165, 1.54) is 18.4 Å². The van der Waals surface area contributed by atoms with Crippen molar-refractivity contribution in [2.45, 2.75) is 25.5 Å². The summed E-state index contributed by atoms with van der Waals surface area (Å²) in [4.78, 5) is 0. The van der Waals surface area contributed by atoms with Crippen LogP contribution in [0.1, 0.15) is 18.4 Å². The predicted octanol–water partition coefficient (Wildman–Crippen LogP) is 3.03. The normalized spacial score (nSPS) is 19.4. The fourth-order valence-electron chi connectivity index (χ4n) is 1.79. The summed E-state index contributed by atoms with van der Waals surface area (Å²) in [6.07, 6.45) is 2.80. The number of benzene rings is 1. The van der Waals surface area contributed by atoms with Crippen LogP contribution >= 0.6 is 24.0 Å². The first-order valence-electron chi connectivity index (χ1n) is 5.41. The maximum absolute atomic E-state index is 5.81. The van der Waals surface area contributed by atoms with Gasteiger partial charge in [-0.1, -0.05) is 23.7 Å². The van der Waals surface area contributed by atoms with Crippen LogP contribution in [0.2, 0.25) is 5.02 Å². The van der Waals surface area contributed by atoms with E-state index in [1.54, 1.807) is 0 Å². The lowest BCUT2D eigenvalue weighted by atomic mass is 10.2. The number of hydrogen-bond acceptors (Lipinski definition) is 2. The van der Waals surface area contributed by atoms with E-state index in [0.29, 0.717) is 6.10 Å². The van der Waals surface area contributed by atoms with Crippen molar-refractivity contribution in [2.24, 2.45) is 0 Å². The minimum atomic E-state index is 0. The summed E-state index contributed by atoms with van der Waals surface area (Å²) in [6.45, 7) is 2.76. The molecule has 0 aliphatic carbocycles. The number of rotatable bonds is 4. The molecular formula is C12H17Cl2NO. The Bertz CT molecular complexity index is 296. The van der Waals surface area contributed by atoms with Crippen LogP contribution in [0, 0.1) is 0 Å². The van der Waals surface area contributed by atoms with Crippen LogP contribution < -0.4 is 5.32 Å². The first-order valence-corrected chi connectivity index (χ1v) is 5.79. The van der Waals surface area contributed by atoms with Gasteiger partial charge in [-0.25, -0.2) is 0 Å². The number of hydrogen-bond donors (Lipinski definition) is 1. The van der Waals surface area contributed by atoms with Gasteiger partial charge < -0.3 is 10.1 Å². The van der Waals surface area contributed by atoms with Crippen LogP contribution in [0.5, 0.6) is 0 Å². The van der Waals surface area contributed by atoms with Gasteiger partial charge in [0.15, 0.2) is 0 Å². The molecule has 4 heteroatoms. The zero-order valence-corrected chi connectivity index (χ0v) is 10.7. The van der Waals surface area contributed by atoms with Crippen molar-refractivity contribution >= 4 is 24.0 Å². The Labute approximate surface area is 108 Å². The quantitative estimate of drug-likeness (QED) is 0.900. The summed E-state index contributed by atoms with van der Waals surface area (Å²) >= 11 is 5.81. The third-order valence-electron chi connectivity index (χ3n) is 2.64. The fourth-order valence-corrected chi connectivity index (χ4v) is 1.91. The summed E-state index contributed by atoms with van der Waals surface area (Å²) in [6, 6.07) is 7.94. The maximum atomic E-state index is 5.81. The Kier molecular flexibility index (Phi) is 6.14. The first kappa shape index (κ1) is 13.8. The van der Waals surface area contributed by atoms with Gasteiger partial charge in [-0.05, 0) is 30.5 Å². The van der Waals surface area contributed by atoms with E-state index in [-0.39, 0.29) is 12.4 Å². The van der Waals surface area contributed by atoms with Crippen molar-refractivity contribution in [3.05, 3.63) is 34.9 Å². The Morgan fingerprint density at radius 3 is 2.69 bits per heavy atom. The molecular weight excluding hydrogens is 245 g/mol. The van der Waals surface area contributed by atoms with Gasteiger partial charge in [0, 0.05) is 24.7 Å². The minimum Gasteiger partial charge on any atom is -0.377 e. The molecule has 16 heavy (non-hydrogen) atoms. The van der Waals surface area contributed by atoms with Gasteiger partial charge in [-0.2, -0.15) is 0 Å². The molecule has 1 unspecified atom stereocenters. The SMILES string of the molecule is Cl.Clc1ccc(CNCC2CCCO2)cc1. The minimum absolute atomic E-state index is 0. The van der Waals surface area contributed by atoms with Crippen LogP contribution in [0.4, 0.5) is 0 Å². The highest BCUT2D eigenvalue weighted by Gasteiger charge is 2.14. The molecule has 0 bridgehead atoms. The van der Waals surface area contributed by atoms with Crippen molar-refractivity contribution < 1.29 is 4.74 Å². The van der Waals surface area contributed by atoms with Crippen molar-refractivity contribution in [3.8, 4) is 0 Å². The Hall–Kier alpha value is -0.280. The number of halogens is 2. The molecule has 0 spiro atoms. The molecule has 0 amide bonds. The van der Waals surface area contributed by atoms with E-state index >= 15 is 0 Å². The van der Waals surface area contributed by atoms with Crippen molar-refractivity contribution in [2.75, 3.05) is 13.2 Å². The summed E-state index contributed by atoms with van der Waals surface area (Å²) in [7, 11) is 0. The van der Waals surface area contributed by atoms with Gasteiger partial charge in [-0.15, -0.1) is 12.4 Å². The van der Waals surface area contributed by atoms with Gasteiger partial charge >= 0.3 is 0 Å². The summed E-state index contributed by atoms with van der Waals surface area (Å²) < 4.78 is 5.53. The van der Waals surface area contributed by atoms with E-state index < -0.39 is 0 Å². The number of nitrogens with one attached hydrogen (secondary N) is 1.